The second-order valence-electron chi connectivity index (χ2n) is 4.89. The minimum Gasteiger partial charge on any atom is -0.478 e. The first kappa shape index (κ1) is 14.9. The van der Waals surface area contributed by atoms with Crippen LogP contribution in [0.15, 0.2) is 17.5 Å². The number of thiophene rings is 1. The van der Waals surface area contributed by atoms with E-state index in [1.165, 1.54) is 17.4 Å². The van der Waals surface area contributed by atoms with Crippen LogP contribution in [0.25, 0.3) is 6.08 Å². The van der Waals surface area contributed by atoms with Crippen molar-refractivity contribution in [3.05, 3.63) is 28.0 Å². The van der Waals surface area contributed by atoms with Crippen LogP contribution in [-0.4, -0.2) is 29.6 Å². The highest BCUT2D eigenvalue weighted by Crippen LogP contribution is 2.20. The van der Waals surface area contributed by atoms with Gasteiger partial charge in [-0.15, -0.1) is 11.3 Å². The second kappa shape index (κ2) is 7.34. The summed E-state index contributed by atoms with van der Waals surface area (Å²) in [6.07, 6.45) is 4.05. The predicted octanol–water partition coefficient (Wildman–Crippen LogP) is 3.32. The van der Waals surface area contributed by atoms with E-state index >= 15 is 0 Å². The van der Waals surface area contributed by atoms with Crippen molar-refractivity contribution in [1.29, 1.82) is 0 Å². The molecule has 18 heavy (non-hydrogen) atoms. The van der Waals surface area contributed by atoms with Crippen molar-refractivity contribution in [3.8, 4) is 0 Å². The standard InChI is InChI=1S/C14H21NO2S/c1-11(2)6-8-15(3)10-13-12(7-9-18-13)4-5-14(16)17/h4-5,7,9,11H,6,8,10H2,1-3H3,(H,16,17)/b5-4+. The van der Waals surface area contributed by atoms with Crippen molar-refractivity contribution in [2.75, 3.05) is 13.6 Å². The minimum atomic E-state index is -0.902. The summed E-state index contributed by atoms with van der Waals surface area (Å²) < 4.78 is 0. The highest BCUT2D eigenvalue weighted by Gasteiger charge is 2.06. The molecule has 0 saturated carbocycles. The fourth-order valence-corrected chi connectivity index (χ4v) is 2.54. The molecule has 1 rings (SSSR count). The molecule has 0 aliphatic carbocycles. The smallest absolute Gasteiger partial charge is 0.328 e. The van der Waals surface area contributed by atoms with Gasteiger partial charge in [0.2, 0.25) is 0 Å². The topological polar surface area (TPSA) is 40.5 Å². The molecule has 0 amide bonds. The summed E-state index contributed by atoms with van der Waals surface area (Å²) >= 11 is 1.68. The molecule has 100 valence electrons. The summed E-state index contributed by atoms with van der Waals surface area (Å²) in [4.78, 5) is 14.0. The number of hydrogen-bond acceptors (Lipinski definition) is 3. The van der Waals surface area contributed by atoms with Crippen molar-refractivity contribution in [2.24, 2.45) is 5.92 Å². The average molecular weight is 267 g/mol. The molecule has 0 bridgehead atoms. The van der Waals surface area contributed by atoms with Gasteiger partial charge in [0.15, 0.2) is 0 Å². The quantitative estimate of drug-likeness (QED) is 0.770. The third-order valence-electron chi connectivity index (χ3n) is 2.69. The lowest BCUT2D eigenvalue weighted by atomic mass is 10.1. The van der Waals surface area contributed by atoms with Crippen molar-refractivity contribution in [2.45, 2.75) is 26.8 Å². The Kier molecular flexibility index (Phi) is 6.09. The zero-order valence-electron chi connectivity index (χ0n) is 11.2. The minimum absolute atomic E-state index is 0.710. The maximum absolute atomic E-state index is 10.5. The van der Waals surface area contributed by atoms with Crippen molar-refractivity contribution < 1.29 is 9.90 Å². The van der Waals surface area contributed by atoms with E-state index in [4.69, 9.17) is 5.11 Å². The van der Waals surface area contributed by atoms with E-state index in [0.717, 1.165) is 18.7 Å². The summed E-state index contributed by atoms with van der Waals surface area (Å²) in [6, 6.07) is 1.97. The highest BCUT2D eigenvalue weighted by molar-refractivity contribution is 7.10. The summed E-state index contributed by atoms with van der Waals surface area (Å²) in [5, 5.41) is 10.6. The van der Waals surface area contributed by atoms with Crippen molar-refractivity contribution in [1.82, 2.24) is 4.90 Å². The molecule has 0 spiro atoms. The molecule has 4 heteroatoms. The Morgan fingerprint density at radius 3 is 2.89 bits per heavy atom. The maximum Gasteiger partial charge on any atom is 0.328 e. The van der Waals surface area contributed by atoms with E-state index in [0.29, 0.717) is 5.92 Å². The van der Waals surface area contributed by atoms with Crippen LogP contribution in [0.2, 0.25) is 0 Å². The Morgan fingerprint density at radius 1 is 1.56 bits per heavy atom. The molecule has 1 aromatic heterocycles. The summed E-state index contributed by atoms with van der Waals surface area (Å²) in [5.74, 6) is -0.192. The van der Waals surface area contributed by atoms with E-state index in [1.54, 1.807) is 17.4 Å². The first-order valence-corrected chi connectivity index (χ1v) is 7.03. The van der Waals surface area contributed by atoms with Gasteiger partial charge in [-0.2, -0.15) is 0 Å². The maximum atomic E-state index is 10.5. The number of rotatable bonds is 7. The SMILES string of the molecule is CC(C)CCN(C)Cc1sccc1/C=C/C(=O)O. The summed E-state index contributed by atoms with van der Waals surface area (Å²) in [5.41, 5.74) is 1.01. The monoisotopic (exact) mass is 267 g/mol. The van der Waals surface area contributed by atoms with Gasteiger partial charge in [0.25, 0.3) is 0 Å². The van der Waals surface area contributed by atoms with E-state index in [9.17, 15) is 4.79 Å². The van der Waals surface area contributed by atoms with Crippen LogP contribution in [0.5, 0.6) is 0 Å². The summed E-state index contributed by atoms with van der Waals surface area (Å²) in [6.45, 7) is 6.39. The van der Waals surface area contributed by atoms with E-state index in [1.807, 2.05) is 11.4 Å². The van der Waals surface area contributed by atoms with Crippen LogP contribution < -0.4 is 0 Å². The molecule has 0 aliphatic heterocycles. The molecular weight excluding hydrogens is 246 g/mol. The number of carbonyl (C=O) groups is 1. The van der Waals surface area contributed by atoms with Crippen molar-refractivity contribution in [3.63, 3.8) is 0 Å². The molecule has 1 heterocycles. The molecule has 0 fully saturated rings. The van der Waals surface area contributed by atoms with Gasteiger partial charge in [-0.3, -0.25) is 0 Å². The van der Waals surface area contributed by atoms with Crippen LogP contribution in [0.3, 0.4) is 0 Å². The van der Waals surface area contributed by atoms with Gasteiger partial charge >= 0.3 is 5.97 Å². The van der Waals surface area contributed by atoms with Gasteiger partial charge in [0.1, 0.15) is 0 Å². The van der Waals surface area contributed by atoms with E-state index < -0.39 is 5.97 Å². The predicted molar refractivity (Wildman–Crippen MR) is 76.8 cm³/mol. The lowest BCUT2D eigenvalue weighted by molar-refractivity contribution is -0.131. The number of hydrogen-bond donors (Lipinski definition) is 1. The highest BCUT2D eigenvalue weighted by atomic mass is 32.1. The van der Waals surface area contributed by atoms with Gasteiger partial charge in [-0.25, -0.2) is 4.79 Å². The zero-order valence-corrected chi connectivity index (χ0v) is 12.0. The fraction of sp³-hybridized carbons (Fsp3) is 0.500. The van der Waals surface area contributed by atoms with E-state index in [-0.39, 0.29) is 0 Å². The van der Waals surface area contributed by atoms with Crippen LogP contribution in [-0.2, 0) is 11.3 Å². The van der Waals surface area contributed by atoms with Crippen LogP contribution >= 0.6 is 11.3 Å². The number of carboxylic acids is 1. The Bertz CT molecular complexity index is 410. The Morgan fingerprint density at radius 2 is 2.28 bits per heavy atom. The number of nitrogens with zero attached hydrogens (tertiary/aromatic N) is 1. The normalized spacial score (nSPS) is 11.8. The average Bonchev–Trinajstić information content (AvgIpc) is 2.71. The van der Waals surface area contributed by atoms with E-state index in [2.05, 4.69) is 25.8 Å². The molecule has 1 aromatic rings. The summed E-state index contributed by atoms with van der Waals surface area (Å²) in [7, 11) is 2.10. The number of aliphatic carboxylic acids is 1. The molecule has 0 saturated heterocycles. The van der Waals surface area contributed by atoms with Gasteiger partial charge in [-0.05, 0) is 49.0 Å². The van der Waals surface area contributed by atoms with Crippen molar-refractivity contribution >= 4 is 23.4 Å². The van der Waals surface area contributed by atoms with Crippen LogP contribution in [0.4, 0.5) is 0 Å². The number of carboxylic acid groups (broad SMARTS) is 1. The van der Waals surface area contributed by atoms with Crippen LogP contribution in [0, 0.1) is 5.92 Å². The molecule has 1 N–H and O–H groups in total. The first-order chi connectivity index (χ1) is 8.49. The molecule has 0 radical (unpaired) electrons. The first-order valence-electron chi connectivity index (χ1n) is 6.15. The second-order valence-corrected chi connectivity index (χ2v) is 5.89. The molecule has 0 aliphatic rings. The third-order valence-corrected chi connectivity index (χ3v) is 3.61. The molecular formula is C14H21NO2S. The van der Waals surface area contributed by atoms with Gasteiger partial charge in [0, 0.05) is 17.5 Å². The van der Waals surface area contributed by atoms with Gasteiger partial charge in [0.05, 0.1) is 0 Å². The van der Waals surface area contributed by atoms with Gasteiger partial charge < -0.3 is 10.0 Å². The molecule has 0 atom stereocenters. The Labute approximate surface area is 113 Å². The lowest BCUT2D eigenvalue weighted by Crippen LogP contribution is -2.20. The zero-order chi connectivity index (χ0) is 13.5. The fourth-order valence-electron chi connectivity index (χ4n) is 1.59. The van der Waals surface area contributed by atoms with Gasteiger partial charge in [-0.1, -0.05) is 13.8 Å². The molecule has 0 aromatic carbocycles. The lowest BCUT2D eigenvalue weighted by Gasteiger charge is -2.17. The third kappa shape index (κ3) is 5.47. The van der Waals surface area contributed by atoms with Crippen LogP contribution in [0.1, 0.15) is 30.7 Å². The Balaban J connectivity index is 2.56. The molecule has 3 nitrogen and oxygen atoms in total. The molecule has 0 unspecified atom stereocenters. The largest absolute Gasteiger partial charge is 0.478 e. The Hall–Kier alpha value is -1.13.